The molecular formula is C27H32N4O3S. The van der Waals surface area contributed by atoms with Gasteiger partial charge in [0.15, 0.2) is 5.78 Å². The van der Waals surface area contributed by atoms with E-state index >= 15 is 0 Å². The molecule has 1 saturated carbocycles. The van der Waals surface area contributed by atoms with E-state index in [0.717, 1.165) is 40.0 Å². The fraction of sp³-hybridized carbons (Fsp3) is 0.444. The van der Waals surface area contributed by atoms with Crippen LogP contribution in [-0.2, 0) is 23.7 Å². The van der Waals surface area contributed by atoms with Crippen molar-refractivity contribution in [3.05, 3.63) is 52.4 Å². The van der Waals surface area contributed by atoms with Gasteiger partial charge in [-0.3, -0.25) is 18.7 Å². The minimum atomic E-state index is -0.723. The summed E-state index contributed by atoms with van der Waals surface area (Å²) in [6.07, 6.45) is 6.01. The Hall–Kier alpha value is -3.00. The molecule has 184 valence electrons. The van der Waals surface area contributed by atoms with Crippen molar-refractivity contribution in [2.24, 2.45) is 20.0 Å². The van der Waals surface area contributed by atoms with E-state index < -0.39 is 5.92 Å². The second-order valence-electron chi connectivity index (χ2n) is 9.84. The predicted octanol–water partition coefficient (Wildman–Crippen LogP) is 4.25. The first kappa shape index (κ1) is 23.7. The number of aryl methyl sites for hydroxylation is 3. The molecule has 0 bridgehead atoms. The number of fused-ring (bicyclic) bond motifs is 1. The zero-order chi connectivity index (χ0) is 24.7. The van der Waals surface area contributed by atoms with Crippen LogP contribution in [0.4, 0.5) is 11.4 Å². The Bertz CT molecular complexity index is 1340. The molecule has 0 spiro atoms. The van der Waals surface area contributed by atoms with Crippen molar-refractivity contribution in [3.63, 3.8) is 0 Å². The van der Waals surface area contributed by atoms with Crippen LogP contribution in [-0.4, -0.2) is 39.2 Å². The van der Waals surface area contributed by atoms with Crippen molar-refractivity contribution in [2.45, 2.75) is 49.2 Å². The standard InChI is InChI=1S/C27H32N4O3S/c1-17-9-11-18(12-10-17)31-15-20(24(32)16-31)26(33)28-21-13-22-23(30(3)27(34)29(22)2)14-25(21)35-19-7-5-4-6-8-19/h9-14,19-20H,4-8,15-16H2,1-3H3,(H,28,33)/t20-/m1/s1. The monoisotopic (exact) mass is 492 g/mol. The third kappa shape index (κ3) is 4.63. The molecule has 2 aromatic carbocycles. The van der Waals surface area contributed by atoms with Crippen LogP contribution in [0.1, 0.15) is 37.7 Å². The number of hydrogen-bond donors (Lipinski definition) is 1. The van der Waals surface area contributed by atoms with E-state index in [-0.39, 0.29) is 23.9 Å². The lowest BCUT2D eigenvalue weighted by molar-refractivity contribution is -0.128. The average molecular weight is 493 g/mol. The number of hydrogen-bond acceptors (Lipinski definition) is 5. The van der Waals surface area contributed by atoms with E-state index in [1.165, 1.54) is 19.3 Å². The van der Waals surface area contributed by atoms with Gasteiger partial charge in [-0.2, -0.15) is 0 Å². The highest BCUT2D eigenvalue weighted by molar-refractivity contribution is 8.00. The molecule has 2 heterocycles. The van der Waals surface area contributed by atoms with Gasteiger partial charge in [-0.05, 0) is 44.0 Å². The first-order valence-corrected chi connectivity index (χ1v) is 13.2. The number of anilines is 2. The lowest BCUT2D eigenvalue weighted by atomic mass is 10.0. The highest BCUT2D eigenvalue weighted by Gasteiger charge is 2.36. The van der Waals surface area contributed by atoms with Gasteiger partial charge in [0.1, 0.15) is 5.92 Å². The third-order valence-corrected chi connectivity index (χ3v) is 8.73. The molecule has 0 unspecified atom stereocenters. The quantitative estimate of drug-likeness (QED) is 0.539. The number of carbonyl (C=O) groups is 2. The first-order valence-electron chi connectivity index (χ1n) is 12.3. The largest absolute Gasteiger partial charge is 0.363 e. The normalized spacial score (nSPS) is 19.0. The van der Waals surface area contributed by atoms with E-state index in [1.807, 2.05) is 48.2 Å². The molecule has 8 heteroatoms. The number of Topliss-reactive ketones (excluding diaryl/α,β-unsaturated/α-hetero) is 1. The van der Waals surface area contributed by atoms with Crippen LogP contribution in [0, 0.1) is 12.8 Å². The smallest absolute Gasteiger partial charge is 0.328 e. The number of ketones is 1. The summed E-state index contributed by atoms with van der Waals surface area (Å²) in [7, 11) is 3.51. The fourth-order valence-corrected chi connectivity index (χ4v) is 6.51. The van der Waals surface area contributed by atoms with E-state index in [0.29, 0.717) is 17.5 Å². The second kappa shape index (κ2) is 9.57. The predicted molar refractivity (Wildman–Crippen MR) is 141 cm³/mol. The zero-order valence-corrected chi connectivity index (χ0v) is 21.4. The van der Waals surface area contributed by atoms with Gasteiger partial charge in [0, 0.05) is 36.5 Å². The van der Waals surface area contributed by atoms with Crippen molar-refractivity contribution in [3.8, 4) is 0 Å². The minimum absolute atomic E-state index is 0.0715. The van der Waals surface area contributed by atoms with Gasteiger partial charge in [-0.15, -0.1) is 11.8 Å². The van der Waals surface area contributed by atoms with Gasteiger partial charge in [-0.25, -0.2) is 4.79 Å². The Morgan fingerprint density at radius 1 is 0.971 bits per heavy atom. The summed E-state index contributed by atoms with van der Waals surface area (Å²) in [5.41, 5.74) is 4.30. The van der Waals surface area contributed by atoms with Gasteiger partial charge < -0.3 is 10.2 Å². The molecule has 0 radical (unpaired) electrons. The molecule has 35 heavy (non-hydrogen) atoms. The highest BCUT2D eigenvalue weighted by Crippen LogP contribution is 2.39. The van der Waals surface area contributed by atoms with Gasteiger partial charge in [-0.1, -0.05) is 37.0 Å². The van der Waals surface area contributed by atoms with E-state index in [9.17, 15) is 14.4 Å². The fourth-order valence-electron chi connectivity index (χ4n) is 5.17. The van der Waals surface area contributed by atoms with Crippen LogP contribution in [0.25, 0.3) is 11.0 Å². The number of amides is 1. The summed E-state index contributed by atoms with van der Waals surface area (Å²) in [5.74, 6) is -1.08. The molecule has 1 aliphatic carbocycles. The Kier molecular flexibility index (Phi) is 6.49. The van der Waals surface area contributed by atoms with Crippen molar-refractivity contribution < 1.29 is 9.59 Å². The summed E-state index contributed by atoms with van der Waals surface area (Å²) in [6, 6.07) is 11.9. The Balaban J connectivity index is 1.42. The number of aromatic nitrogens is 2. The summed E-state index contributed by atoms with van der Waals surface area (Å²) in [6.45, 7) is 2.62. The van der Waals surface area contributed by atoms with Gasteiger partial charge in [0.2, 0.25) is 5.91 Å². The lowest BCUT2D eigenvalue weighted by Gasteiger charge is -2.23. The summed E-state index contributed by atoms with van der Waals surface area (Å²) in [4.78, 5) is 41.6. The Morgan fingerprint density at radius 3 is 2.31 bits per heavy atom. The molecule has 2 fully saturated rings. The summed E-state index contributed by atoms with van der Waals surface area (Å²) in [5, 5.41) is 3.56. The van der Waals surface area contributed by atoms with Gasteiger partial charge in [0.05, 0.1) is 23.3 Å². The molecule has 1 atom stereocenters. The van der Waals surface area contributed by atoms with E-state index in [4.69, 9.17) is 0 Å². The maximum absolute atomic E-state index is 13.4. The van der Waals surface area contributed by atoms with Crippen LogP contribution in [0.15, 0.2) is 46.1 Å². The number of nitrogens with one attached hydrogen (secondary N) is 1. The highest BCUT2D eigenvalue weighted by atomic mass is 32.2. The van der Waals surface area contributed by atoms with Crippen LogP contribution in [0.3, 0.4) is 0 Å². The maximum atomic E-state index is 13.4. The van der Waals surface area contributed by atoms with Crippen molar-refractivity contribution in [2.75, 3.05) is 23.3 Å². The number of rotatable bonds is 5. The third-order valence-electron chi connectivity index (χ3n) is 7.33. The van der Waals surface area contributed by atoms with Crippen LogP contribution < -0.4 is 15.9 Å². The SMILES string of the molecule is Cc1ccc(N2CC(=O)[C@H](C(=O)Nc3cc4c(cc3SC3CCCCC3)n(C)c(=O)n4C)C2)cc1. The van der Waals surface area contributed by atoms with Crippen molar-refractivity contribution >= 4 is 45.9 Å². The molecule has 1 aromatic heterocycles. The molecule has 7 nitrogen and oxygen atoms in total. The Morgan fingerprint density at radius 2 is 1.63 bits per heavy atom. The first-order chi connectivity index (χ1) is 16.8. The van der Waals surface area contributed by atoms with Gasteiger partial charge >= 0.3 is 5.69 Å². The molecular weight excluding hydrogens is 460 g/mol. The van der Waals surface area contributed by atoms with E-state index in [2.05, 4.69) is 5.32 Å². The molecule has 5 rings (SSSR count). The molecule has 1 N–H and O–H groups in total. The van der Waals surface area contributed by atoms with Crippen molar-refractivity contribution in [1.29, 1.82) is 0 Å². The number of benzene rings is 2. The van der Waals surface area contributed by atoms with Crippen LogP contribution >= 0.6 is 11.8 Å². The number of carbonyl (C=O) groups excluding carboxylic acids is 2. The summed E-state index contributed by atoms with van der Waals surface area (Å²) >= 11 is 1.78. The topological polar surface area (TPSA) is 76.3 Å². The molecule has 3 aromatic rings. The average Bonchev–Trinajstić information content (AvgIpc) is 3.34. The van der Waals surface area contributed by atoms with Crippen LogP contribution in [0.2, 0.25) is 0 Å². The number of imidazole rings is 1. The molecule has 1 amide bonds. The lowest BCUT2D eigenvalue weighted by Crippen LogP contribution is -2.29. The van der Waals surface area contributed by atoms with E-state index in [1.54, 1.807) is 35.0 Å². The summed E-state index contributed by atoms with van der Waals surface area (Å²) < 4.78 is 3.24. The van der Waals surface area contributed by atoms with Crippen molar-refractivity contribution in [1.82, 2.24) is 9.13 Å². The minimum Gasteiger partial charge on any atom is -0.363 e. The zero-order valence-electron chi connectivity index (χ0n) is 20.5. The number of nitrogens with zero attached hydrogens (tertiary/aromatic N) is 3. The molecule has 2 aliphatic rings. The Labute approximate surface area is 209 Å². The second-order valence-corrected chi connectivity index (χ2v) is 11.2. The molecule has 1 aliphatic heterocycles. The number of thioether (sulfide) groups is 1. The molecule has 1 saturated heterocycles. The maximum Gasteiger partial charge on any atom is 0.328 e. The van der Waals surface area contributed by atoms with Gasteiger partial charge in [0.25, 0.3) is 0 Å². The van der Waals surface area contributed by atoms with Crippen LogP contribution in [0.5, 0.6) is 0 Å².